The number of hydrogen-bond donors (Lipinski definition) is 0. The number of nitrogens with zero attached hydrogens (tertiary/aromatic N) is 4. The van der Waals surface area contributed by atoms with Gasteiger partial charge in [0, 0.05) is 41.5 Å². The Morgan fingerprint density at radius 2 is 2.22 bits per heavy atom. The number of amides is 1. The molecule has 0 radical (unpaired) electrons. The zero-order valence-electron chi connectivity index (χ0n) is 15.1. The number of pyridine rings is 1. The minimum absolute atomic E-state index is 0.0686. The maximum Gasteiger partial charge on any atom is 0.259 e. The van der Waals surface area contributed by atoms with Crippen LogP contribution in [0.3, 0.4) is 0 Å². The van der Waals surface area contributed by atoms with Gasteiger partial charge in [-0.15, -0.1) is 11.3 Å². The summed E-state index contributed by atoms with van der Waals surface area (Å²) < 4.78 is 0. The fourth-order valence-electron chi connectivity index (χ4n) is 4.31. The third-order valence-corrected chi connectivity index (χ3v) is 7.30. The Labute approximate surface area is 166 Å². The van der Waals surface area contributed by atoms with Crippen molar-refractivity contribution < 1.29 is 4.79 Å². The molecule has 2 aliphatic heterocycles. The number of aryl methyl sites for hydroxylation is 1. The largest absolute Gasteiger partial charge is 0.305 e. The van der Waals surface area contributed by atoms with Gasteiger partial charge < -0.3 is 4.90 Å². The van der Waals surface area contributed by atoms with Crippen molar-refractivity contribution in [1.82, 2.24) is 14.9 Å². The van der Waals surface area contributed by atoms with Gasteiger partial charge in [-0.05, 0) is 43.5 Å². The minimum atomic E-state index is -0.0686. The smallest absolute Gasteiger partial charge is 0.259 e. The lowest BCUT2D eigenvalue weighted by molar-refractivity contribution is 0.0985. The maximum atomic E-state index is 13.1. The van der Waals surface area contributed by atoms with Gasteiger partial charge in [-0.3, -0.25) is 14.7 Å². The van der Waals surface area contributed by atoms with E-state index in [4.69, 9.17) is 4.98 Å². The van der Waals surface area contributed by atoms with Crippen LogP contribution in [0, 0.1) is 6.92 Å². The minimum Gasteiger partial charge on any atom is -0.305 e. The summed E-state index contributed by atoms with van der Waals surface area (Å²) in [6, 6.07) is 5.87. The van der Waals surface area contributed by atoms with Gasteiger partial charge in [0.1, 0.15) is 0 Å². The Morgan fingerprint density at radius 3 is 3.00 bits per heavy atom. The first-order valence-corrected chi connectivity index (χ1v) is 10.9. The molecular formula is C20H20N4OS2. The number of rotatable bonds is 3. The normalized spacial score (nSPS) is 21.9. The molecule has 7 heteroatoms. The Balaban J connectivity index is 1.44. The molecule has 0 bridgehead atoms. The molecule has 3 aromatic heterocycles. The van der Waals surface area contributed by atoms with Crippen molar-refractivity contribution in [2.24, 2.45) is 0 Å². The van der Waals surface area contributed by atoms with Crippen molar-refractivity contribution in [2.75, 3.05) is 24.5 Å². The molecule has 0 aromatic carbocycles. The third-order valence-electron chi connectivity index (χ3n) is 5.70. The van der Waals surface area contributed by atoms with Gasteiger partial charge in [-0.25, -0.2) is 4.98 Å². The number of thiophene rings is 1. The van der Waals surface area contributed by atoms with Crippen LogP contribution in [0.5, 0.6) is 0 Å². The molecule has 2 aliphatic rings. The van der Waals surface area contributed by atoms with E-state index in [0.717, 1.165) is 48.7 Å². The van der Waals surface area contributed by atoms with Crippen molar-refractivity contribution in [3.8, 4) is 0 Å². The van der Waals surface area contributed by atoms with E-state index in [2.05, 4.69) is 16.8 Å². The van der Waals surface area contributed by atoms with Crippen LogP contribution in [0.25, 0.3) is 0 Å². The maximum absolute atomic E-state index is 13.1. The SMILES string of the molecule is Cc1ncsc1CN1CCC2(C1)CN(C(=O)c1ccsc1)c1cccnc12. The highest BCUT2D eigenvalue weighted by Gasteiger charge is 2.50. The monoisotopic (exact) mass is 396 g/mol. The van der Waals surface area contributed by atoms with Gasteiger partial charge >= 0.3 is 0 Å². The summed E-state index contributed by atoms with van der Waals surface area (Å²) in [6.45, 7) is 5.67. The first-order chi connectivity index (χ1) is 13.2. The summed E-state index contributed by atoms with van der Waals surface area (Å²) in [4.78, 5) is 27.9. The molecule has 1 fully saturated rings. The summed E-state index contributed by atoms with van der Waals surface area (Å²) in [5.74, 6) is 0.0825. The Bertz CT molecular complexity index is 984. The summed E-state index contributed by atoms with van der Waals surface area (Å²) >= 11 is 3.28. The summed E-state index contributed by atoms with van der Waals surface area (Å²) in [7, 11) is 0. The molecule has 1 saturated heterocycles. The first-order valence-electron chi connectivity index (χ1n) is 9.07. The lowest BCUT2D eigenvalue weighted by atomic mass is 9.85. The van der Waals surface area contributed by atoms with Gasteiger partial charge in [0.05, 0.1) is 28.1 Å². The fourth-order valence-corrected chi connectivity index (χ4v) is 5.75. The van der Waals surface area contributed by atoms with Crippen LogP contribution < -0.4 is 4.90 Å². The number of fused-ring (bicyclic) bond motifs is 2. The molecule has 5 heterocycles. The van der Waals surface area contributed by atoms with Crippen molar-refractivity contribution >= 4 is 34.3 Å². The van der Waals surface area contributed by atoms with Gasteiger partial charge in [-0.1, -0.05) is 0 Å². The highest BCUT2D eigenvalue weighted by Crippen LogP contribution is 2.46. The molecule has 1 spiro atoms. The van der Waals surface area contributed by atoms with Crippen LogP contribution >= 0.6 is 22.7 Å². The van der Waals surface area contributed by atoms with Crippen LogP contribution in [0.4, 0.5) is 5.69 Å². The lowest BCUT2D eigenvalue weighted by Gasteiger charge is -2.25. The average Bonchev–Trinajstić information content (AvgIpc) is 3.46. The summed E-state index contributed by atoms with van der Waals surface area (Å²) in [6.07, 6.45) is 2.89. The van der Waals surface area contributed by atoms with Crippen LogP contribution in [0.15, 0.2) is 40.7 Å². The fraction of sp³-hybridized carbons (Fsp3) is 0.350. The predicted octanol–water partition coefficient (Wildman–Crippen LogP) is 3.71. The Hall–Kier alpha value is -2.09. The molecule has 138 valence electrons. The van der Waals surface area contributed by atoms with Crippen LogP contribution in [0.2, 0.25) is 0 Å². The molecule has 0 N–H and O–H groups in total. The number of aromatic nitrogens is 2. The molecule has 3 aromatic rings. The highest BCUT2D eigenvalue weighted by molar-refractivity contribution is 7.09. The molecule has 27 heavy (non-hydrogen) atoms. The molecule has 0 aliphatic carbocycles. The van der Waals surface area contributed by atoms with Gasteiger partial charge in [0.25, 0.3) is 5.91 Å². The first kappa shape index (κ1) is 17.0. The second-order valence-corrected chi connectivity index (χ2v) is 9.10. The summed E-state index contributed by atoms with van der Waals surface area (Å²) in [5.41, 5.74) is 5.80. The Kier molecular flexibility index (Phi) is 4.11. The van der Waals surface area contributed by atoms with Crippen molar-refractivity contribution in [1.29, 1.82) is 0 Å². The molecule has 1 unspecified atom stereocenters. The second kappa shape index (κ2) is 6.51. The number of anilines is 1. The zero-order valence-corrected chi connectivity index (χ0v) is 16.7. The highest BCUT2D eigenvalue weighted by atomic mass is 32.1. The number of hydrogen-bond acceptors (Lipinski definition) is 6. The number of thiazole rings is 1. The van der Waals surface area contributed by atoms with Crippen LogP contribution in [-0.2, 0) is 12.0 Å². The Morgan fingerprint density at radius 1 is 1.30 bits per heavy atom. The standard InChI is InChI=1S/C20H20N4OS2/c1-14-17(27-13-22-14)9-23-7-5-20(11-23)12-24(16-3-2-6-21-18(16)20)19(25)15-4-8-26-10-15/h2-4,6,8,10,13H,5,7,9,11-12H2,1H3. The van der Waals surface area contributed by atoms with Crippen molar-refractivity contribution in [2.45, 2.75) is 25.3 Å². The topological polar surface area (TPSA) is 49.3 Å². The molecule has 1 amide bonds. The van der Waals surface area contributed by atoms with E-state index in [1.54, 1.807) is 22.7 Å². The summed E-state index contributed by atoms with van der Waals surface area (Å²) in [5, 5.41) is 3.88. The number of likely N-dealkylation sites (tertiary alicyclic amines) is 1. The lowest BCUT2D eigenvalue weighted by Crippen LogP contribution is -2.39. The molecule has 5 nitrogen and oxygen atoms in total. The van der Waals surface area contributed by atoms with E-state index in [1.165, 1.54) is 4.88 Å². The molecule has 1 atom stereocenters. The zero-order chi connectivity index (χ0) is 18.4. The van der Waals surface area contributed by atoms with E-state index in [1.807, 2.05) is 45.6 Å². The van der Waals surface area contributed by atoms with E-state index in [9.17, 15) is 4.79 Å². The van der Waals surface area contributed by atoms with Crippen LogP contribution in [-0.4, -0.2) is 40.4 Å². The third kappa shape index (κ3) is 2.81. The van der Waals surface area contributed by atoms with Gasteiger partial charge in [0.15, 0.2) is 0 Å². The van der Waals surface area contributed by atoms with E-state index >= 15 is 0 Å². The van der Waals surface area contributed by atoms with Gasteiger partial charge in [-0.2, -0.15) is 11.3 Å². The molecular weight excluding hydrogens is 376 g/mol. The van der Waals surface area contributed by atoms with Crippen LogP contribution in [0.1, 0.15) is 33.0 Å². The predicted molar refractivity (Wildman–Crippen MR) is 109 cm³/mol. The quantitative estimate of drug-likeness (QED) is 0.677. The van der Waals surface area contributed by atoms with E-state index < -0.39 is 0 Å². The average molecular weight is 397 g/mol. The van der Waals surface area contributed by atoms with E-state index in [0.29, 0.717) is 6.54 Å². The van der Waals surface area contributed by atoms with Gasteiger partial charge in [0.2, 0.25) is 0 Å². The molecule has 0 saturated carbocycles. The van der Waals surface area contributed by atoms with Crippen molar-refractivity contribution in [3.05, 3.63) is 62.5 Å². The van der Waals surface area contributed by atoms with Crippen molar-refractivity contribution in [3.63, 3.8) is 0 Å². The molecule has 5 rings (SSSR count). The number of carbonyl (C=O) groups excluding carboxylic acids is 1. The van der Waals surface area contributed by atoms with E-state index in [-0.39, 0.29) is 11.3 Å². The second-order valence-electron chi connectivity index (χ2n) is 7.38. The number of carbonyl (C=O) groups is 1.